The van der Waals surface area contributed by atoms with Gasteiger partial charge in [-0.2, -0.15) is 26.3 Å². The number of nitrogens with one attached hydrogen (secondary N) is 1. The molecule has 5 nitrogen and oxygen atoms in total. The average Bonchev–Trinajstić information content (AvgIpc) is 3.21. The number of sulfone groups is 1. The Hall–Kier alpha value is -2.74. The summed E-state index contributed by atoms with van der Waals surface area (Å²) in [6.07, 6.45) is -10.3. The number of benzene rings is 2. The molecule has 0 spiro atoms. The SMILES string of the molecule is O=C(N[C@@H]1CC[C@@]2(S(=O)(=O)c3ccc(F)cc3)c3ccc(C(F)(C(F)(F)F)C(F)(F)F)cc3CCC[C@@H]12)C1(O)CCCCC1. The predicted octanol–water partition coefficient (Wildman–Crippen LogP) is 6.71. The van der Waals surface area contributed by atoms with E-state index in [9.17, 15) is 49.1 Å². The van der Waals surface area contributed by atoms with Gasteiger partial charge in [0.05, 0.1) is 4.90 Å². The molecule has 2 N–H and O–H groups in total. The van der Waals surface area contributed by atoms with Gasteiger partial charge in [0.15, 0.2) is 9.84 Å². The largest absolute Gasteiger partial charge is 0.435 e. The van der Waals surface area contributed by atoms with Crippen molar-refractivity contribution in [2.24, 2.45) is 5.92 Å². The van der Waals surface area contributed by atoms with Gasteiger partial charge < -0.3 is 10.4 Å². The van der Waals surface area contributed by atoms with Gasteiger partial charge in [-0.25, -0.2) is 17.2 Å². The summed E-state index contributed by atoms with van der Waals surface area (Å²) in [7, 11) is -4.55. The second kappa shape index (κ2) is 11.0. The van der Waals surface area contributed by atoms with Crippen molar-refractivity contribution in [2.75, 3.05) is 0 Å². The first-order valence-electron chi connectivity index (χ1n) is 14.4. The number of halogens is 8. The van der Waals surface area contributed by atoms with Crippen LogP contribution in [0.25, 0.3) is 0 Å². The standard InChI is InChI=1S/C30H31F8NO4S/c31-20-8-10-21(11-9-20)44(42,43)27-16-13-24(39-25(40)26(41)14-2-1-3-15-26)23(27)6-4-5-18-17-19(7-12-22(18)27)28(32,29(33,34)35)30(36,37)38/h7-12,17,23-24,41H,1-6,13-16H2,(H,39,40)/t23-,24+,27+/m0/s1. The summed E-state index contributed by atoms with van der Waals surface area (Å²) in [4.78, 5) is 12.9. The fourth-order valence-electron chi connectivity index (χ4n) is 7.42. The number of hydrogen-bond acceptors (Lipinski definition) is 4. The minimum Gasteiger partial charge on any atom is -0.380 e. The number of amides is 1. The zero-order chi connectivity index (χ0) is 32.3. The van der Waals surface area contributed by atoms with Crippen molar-refractivity contribution in [1.82, 2.24) is 5.32 Å². The zero-order valence-corrected chi connectivity index (χ0v) is 24.2. The van der Waals surface area contributed by atoms with Gasteiger partial charge in [0.25, 0.3) is 5.91 Å². The lowest BCUT2D eigenvalue weighted by molar-refractivity contribution is -0.348. The number of rotatable bonds is 5. The van der Waals surface area contributed by atoms with Crippen LogP contribution in [0.4, 0.5) is 35.1 Å². The number of carbonyl (C=O) groups excluding carboxylic acids is 1. The third-order valence-corrected chi connectivity index (χ3v) is 12.2. The highest BCUT2D eigenvalue weighted by Crippen LogP contribution is 2.58. The molecule has 5 rings (SSSR count). The lowest BCUT2D eigenvalue weighted by atomic mass is 9.81. The van der Waals surface area contributed by atoms with Crippen LogP contribution in [0.15, 0.2) is 47.4 Å². The van der Waals surface area contributed by atoms with Crippen LogP contribution in [0.2, 0.25) is 0 Å². The second-order valence-electron chi connectivity index (χ2n) is 12.1. The summed E-state index contributed by atoms with van der Waals surface area (Å²) in [5.74, 6) is -2.32. The fourth-order valence-corrected chi connectivity index (χ4v) is 9.89. The van der Waals surface area contributed by atoms with Crippen LogP contribution in [0, 0.1) is 11.7 Å². The summed E-state index contributed by atoms with van der Waals surface area (Å²) in [6.45, 7) is 0. The summed E-state index contributed by atoms with van der Waals surface area (Å²) >= 11 is 0. The van der Waals surface area contributed by atoms with Crippen molar-refractivity contribution in [1.29, 1.82) is 0 Å². The highest BCUT2D eigenvalue weighted by molar-refractivity contribution is 7.92. The normalized spacial score (nSPS) is 25.9. The Morgan fingerprint density at radius 1 is 0.841 bits per heavy atom. The molecule has 3 aliphatic carbocycles. The molecule has 44 heavy (non-hydrogen) atoms. The molecule has 2 aromatic rings. The number of aryl methyl sites for hydroxylation is 1. The maximum Gasteiger partial charge on any atom is 0.435 e. The predicted molar refractivity (Wildman–Crippen MR) is 142 cm³/mol. The third-order valence-electron chi connectivity index (χ3n) is 9.64. The van der Waals surface area contributed by atoms with Crippen molar-refractivity contribution >= 4 is 15.7 Å². The monoisotopic (exact) mass is 653 g/mol. The minimum atomic E-state index is -6.35. The molecule has 1 amide bonds. The summed E-state index contributed by atoms with van der Waals surface area (Å²) in [5, 5.41) is 13.8. The zero-order valence-electron chi connectivity index (χ0n) is 23.4. The van der Waals surface area contributed by atoms with Crippen LogP contribution in [0.1, 0.15) is 74.5 Å². The van der Waals surface area contributed by atoms with Crippen LogP contribution in [0.5, 0.6) is 0 Å². The molecular formula is C30H31F8NO4S. The average molecular weight is 654 g/mol. The van der Waals surface area contributed by atoms with E-state index in [1.807, 2.05) is 0 Å². The summed E-state index contributed by atoms with van der Waals surface area (Å²) < 4.78 is 137. The van der Waals surface area contributed by atoms with Crippen LogP contribution in [-0.2, 0) is 31.5 Å². The van der Waals surface area contributed by atoms with Gasteiger partial charge in [-0.3, -0.25) is 4.79 Å². The van der Waals surface area contributed by atoms with E-state index in [2.05, 4.69) is 5.32 Å². The number of fused-ring (bicyclic) bond motifs is 3. The molecule has 14 heteroatoms. The highest BCUT2D eigenvalue weighted by Gasteiger charge is 2.73. The van der Waals surface area contributed by atoms with E-state index in [1.54, 1.807) is 0 Å². The highest BCUT2D eigenvalue weighted by atomic mass is 32.2. The molecule has 0 heterocycles. The van der Waals surface area contributed by atoms with Gasteiger partial charge in [0.1, 0.15) is 16.2 Å². The maximum atomic E-state index is 15.1. The third kappa shape index (κ3) is 5.00. The van der Waals surface area contributed by atoms with E-state index in [4.69, 9.17) is 0 Å². The molecule has 0 aromatic heterocycles. The smallest absolute Gasteiger partial charge is 0.380 e. The lowest BCUT2D eigenvalue weighted by Crippen LogP contribution is -2.54. The van der Waals surface area contributed by atoms with Gasteiger partial charge in [0, 0.05) is 17.5 Å². The summed E-state index contributed by atoms with van der Waals surface area (Å²) in [5.41, 5.74) is -9.36. The van der Waals surface area contributed by atoms with Crippen molar-refractivity contribution in [3.63, 3.8) is 0 Å². The van der Waals surface area contributed by atoms with Gasteiger partial charge in [-0.1, -0.05) is 37.5 Å². The molecule has 0 saturated heterocycles. The number of aliphatic hydroxyl groups is 1. The van der Waals surface area contributed by atoms with Crippen molar-refractivity contribution in [2.45, 2.75) is 104 Å². The Kier molecular flexibility index (Phi) is 8.13. The van der Waals surface area contributed by atoms with Crippen molar-refractivity contribution in [3.05, 3.63) is 65.0 Å². The van der Waals surface area contributed by atoms with Crippen LogP contribution < -0.4 is 5.32 Å². The first-order valence-corrected chi connectivity index (χ1v) is 15.9. The van der Waals surface area contributed by atoms with Crippen LogP contribution >= 0.6 is 0 Å². The molecular weight excluding hydrogens is 622 g/mol. The van der Waals surface area contributed by atoms with E-state index < -0.39 is 67.5 Å². The maximum absolute atomic E-state index is 15.1. The molecule has 242 valence electrons. The molecule has 2 saturated carbocycles. The summed E-state index contributed by atoms with van der Waals surface area (Å²) in [6, 6.07) is 4.62. The van der Waals surface area contributed by atoms with Gasteiger partial charge in [0.2, 0.25) is 0 Å². The fraction of sp³-hybridized carbons (Fsp3) is 0.567. The Labute approximate surface area is 248 Å². The van der Waals surface area contributed by atoms with E-state index in [0.717, 1.165) is 36.8 Å². The quantitative estimate of drug-likeness (QED) is 0.278. The molecule has 2 aromatic carbocycles. The van der Waals surface area contributed by atoms with Crippen LogP contribution in [0.3, 0.4) is 0 Å². The first kappa shape index (κ1) is 32.6. The molecule has 0 bridgehead atoms. The van der Waals surface area contributed by atoms with Crippen molar-refractivity contribution < 1.29 is 53.4 Å². The number of carbonyl (C=O) groups is 1. The van der Waals surface area contributed by atoms with Gasteiger partial charge >= 0.3 is 18.0 Å². The van der Waals surface area contributed by atoms with E-state index >= 15 is 4.39 Å². The van der Waals surface area contributed by atoms with Gasteiger partial charge in [-0.05, 0) is 80.3 Å². The van der Waals surface area contributed by atoms with Crippen molar-refractivity contribution in [3.8, 4) is 0 Å². The number of hydrogen-bond donors (Lipinski definition) is 2. The van der Waals surface area contributed by atoms with Crippen LogP contribution in [-0.4, -0.2) is 43.4 Å². The Morgan fingerprint density at radius 3 is 2.05 bits per heavy atom. The van der Waals surface area contributed by atoms with Gasteiger partial charge in [-0.15, -0.1) is 0 Å². The van der Waals surface area contributed by atoms with E-state index in [-0.39, 0.29) is 61.0 Å². The Balaban J connectivity index is 1.66. The molecule has 0 radical (unpaired) electrons. The number of alkyl halides is 7. The lowest BCUT2D eigenvalue weighted by Gasteiger charge is -2.39. The Bertz CT molecular complexity index is 1500. The molecule has 2 fully saturated rings. The molecule has 3 aliphatic rings. The topological polar surface area (TPSA) is 83.5 Å². The second-order valence-corrected chi connectivity index (χ2v) is 14.3. The van der Waals surface area contributed by atoms with E-state index in [1.165, 1.54) is 0 Å². The molecule has 0 unspecified atom stereocenters. The minimum absolute atomic E-state index is 0.0618. The molecule has 3 atom stereocenters. The Morgan fingerprint density at radius 2 is 1.45 bits per heavy atom. The first-order chi connectivity index (χ1) is 20.4. The van der Waals surface area contributed by atoms with E-state index in [0.29, 0.717) is 25.0 Å². The molecule has 0 aliphatic heterocycles.